The fraction of sp³-hybridized carbons (Fsp3) is 0.0217. The second-order valence-corrected chi connectivity index (χ2v) is 13.9. The Bertz CT molecular complexity index is 2570. The molecule has 4 heteroatoms. The maximum absolute atomic E-state index is 5.23. The topological polar surface area (TPSA) is 38.7 Å². The predicted molar refractivity (Wildman–Crippen MR) is 205 cm³/mol. The third-order valence-electron chi connectivity index (χ3n) is 10.1. The lowest BCUT2D eigenvalue weighted by atomic mass is 9.63. The highest BCUT2D eigenvalue weighted by molar-refractivity contribution is 7.99. The van der Waals surface area contributed by atoms with Gasteiger partial charge in [-0.1, -0.05) is 145 Å². The van der Waals surface area contributed by atoms with Crippen LogP contribution in [-0.2, 0) is 5.41 Å². The zero-order valence-electron chi connectivity index (χ0n) is 27.0. The molecule has 1 aliphatic heterocycles. The van der Waals surface area contributed by atoms with Crippen LogP contribution in [0.25, 0.3) is 56.8 Å². The number of nitrogens with zero attached hydrogens (tertiary/aromatic N) is 3. The van der Waals surface area contributed by atoms with Gasteiger partial charge < -0.3 is 0 Å². The zero-order chi connectivity index (χ0) is 33.1. The number of pyridine rings is 1. The molecule has 0 bridgehead atoms. The molecular weight excluding hydrogens is 627 g/mol. The predicted octanol–water partition coefficient (Wildman–Crippen LogP) is 11.4. The molecule has 1 aliphatic carbocycles. The highest BCUT2D eigenvalue weighted by Gasteiger charge is 2.47. The van der Waals surface area contributed by atoms with Crippen LogP contribution < -0.4 is 0 Å². The molecule has 2 aromatic heterocycles. The van der Waals surface area contributed by atoms with Gasteiger partial charge in [-0.15, -0.1) is 0 Å². The summed E-state index contributed by atoms with van der Waals surface area (Å²) in [5, 5.41) is 2.52. The van der Waals surface area contributed by atoms with Gasteiger partial charge in [0.15, 0.2) is 5.82 Å². The van der Waals surface area contributed by atoms with E-state index in [0.717, 1.165) is 28.1 Å². The summed E-state index contributed by atoms with van der Waals surface area (Å²) in [6, 6.07) is 54.5. The minimum Gasteiger partial charge on any atom is -0.264 e. The first-order valence-corrected chi connectivity index (χ1v) is 17.7. The lowest BCUT2D eigenvalue weighted by molar-refractivity contribution is 0.704. The van der Waals surface area contributed by atoms with Crippen LogP contribution in [0.2, 0.25) is 0 Å². The second kappa shape index (κ2) is 11.5. The molecule has 0 saturated heterocycles. The first kappa shape index (κ1) is 28.9. The van der Waals surface area contributed by atoms with Crippen LogP contribution >= 0.6 is 11.8 Å². The molecule has 1 atom stereocenters. The average Bonchev–Trinajstić information content (AvgIpc) is 3.33. The second-order valence-electron chi connectivity index (χ2n) is 12.8. The van der Waals surface area contributed by atoms with E-state index in [1.165, 1.54) is 53.9 Å². The van der Waals surface area contributed by atoms with Crippen molar-refractivity contribution in [3.8, 4) is 33.9 Å². The normalized spacial score (nSPS) is 15.5. The molecule has 8 aromatic rings. The van der Waals surface area contributed by atoms with E-state index in [4.69, 9.17) is 9.97 Å². The monoisotopic (exact) mass is 655 g/mol. The van der Waals surface area contributed by atoms with Crippen molar-refractivity contribution in [1.29, 1.82) is 0 Å². The van der Waals surface area contributed by atoms with E-state index >= 15 is 0 Å². The van der Waals surface area contributed by atoms with Gasteiger partial charge in [0.05, 0.1) is 16.8 Å². The van der Waals surface area contributed by atoms with Gasteiger partial charge in [-0.05, 0) is 74.5 Å². The number of aromatic nitrogens is 3. The van der Waals surface area contributed by atoms with Crippen LogP contribution in [0, 0.1) is 0 Å². The van der Waals surface area contributed by atoms with Crippen molar-refractivity contribution in [3.05, 3.63) is 197 Å². The number of benzene rings is 6. The highest BCUT2D eigenvalue weighted by atomic mass is 32.2. The lowest BCUT2D eigenvalue weighted by Gasteiger charge is -2.43. The van der Waals surface area contributed by atoms with E-state index in [2.05, 4.69) is 157 Å². The Morgan fingerprint density at radius 3 is 2.06 bits per heavy atom. The van der Waals surface area contributed by atoms with Gasteiger partial charge in [0.25, 0.3) is 0 Å². The van der Waals surface area contributed by atoms with E-state index in [1.54, 1.807) is 6.20 Å². The van der Waals surface area contributed by atoms with Crippen LogP contribution in [-0.4, -0.2) is 15.0 Å². The summed E-state index contributed by atoms with van der Waals surface area (Å²) in [5.41, 5.74) is 11.6. The molecule has 10 rings (SSSR count). The molecule has 1 unspecified atom stereocenters. The number of hydrogen-bond acceptors (Lipinski definition) is 4. The van der Waals surface area contributed by atoms with Crippen LogP contribution in [0.15, 0.2) is 174 Å². The molecule has 1 spiro atoms. The molecule has 0 fully saturated rings. The first-order chi connectivity index (χ1) is 24.8. The van der Waals surface area contributed by atoms with Crippen molar-refractivity contribution in [2.75, 3.05) is 0 Å². The molecule has 50 heavy (non-hydrogen) atoms. The molecule has 3 heterocycles. The van der Waals surface area contributed by atoms with Crippen LogP contribution in [0.3, 0.4) is 0 Å². The summed E-state index contributed by atoms with van der Waals surface area (Å²) < 4.78 is 0. The number of fused-ring (bicyclic) bond motifs is 10. The molecule has 0 N–H and O–H groups in total. The quantitative estimate of drug-likeness (QED) is 0.190. The van der Waals surface area contributed by atoms with Gasteiger partial charge >= 0.3 is 0 Å². The summed E-state index contributed by atoms with van der Waals surface area (Å²) in [6.07, 6.45) is 8.22. The minimum atomic E-state index is -0.587. The molecule has 3 nitrogen and oxygen atoms in total. The Kier molecular flexibility index (Phi) is 6.64. The van der Waals surface area contributed by atoms with Gasteiger partial charge in [-0.25, -0.2) is 9.97 Å². The van der Waals surface area contributed by atoms with Crippen molar-refractivity contribution in [2.24, 2.45) is 0 Å². The summed E-state index contributed by atoms with van der Waals surface area (Å²) in [7, 11) is 0. The molecule has 0 amide bonds. The number of rotatable bonds is 3. The third kappa shape index (κ3) is 4.42. The SMILES string of the molecule is C1=Cc2ccc(-c3nc(-c4ccccc4)cc(-c4cccnc4)n3)cc2C2(c3ccccc31)c1ccccc1Sc1c2ccc2ccccc12. The Balaban J connectivity index is 1.30. The van der Waals surface area contributed by atoms with E-state index < -0.39 is 5.41 Å². The van der Waals surface area contributed by atoms with E-state index in [1.807, 2.05) is 30.1 Å². The van der Waals surface area contributed by atoms with Gasteiger partial charge in [0.1, 0.15) is 0 Å². The van der Waals surface area contributed by atoms with E-state index in [-0.39, 0.29) is 0 Å². The Labute approximate surface area is 295 Å². The number of hydrogen-bond donors (Lipinski definition) is 0. The fourth-order valence-electron chi connectivity index (χ4n) is 7.82. The lowest BCUT2D eigenvalue weighted by Crippen LogP contribution is -2.35. The van der Waals surface area contributed by atoms with Gasteiger partial charge in [0.2, 0.25) is 0 Å². The van der Waals surface area contributed by atoms with E-state index in [9.17, 15) is 0 Å². The van der Waals surface area contributed by atoms with Crippen LogP contribution in [0.5, 0.6) is 0 Å². The van der Waals surface area contributed by atoms with Crippen molar-refractivity contribution >= 4 is 34.7 Å². The summed E-state index contributed by atoms with van der Waals surface area (Å²) in [6.45, 7) is 0. The average molecular weight is 656 g/mol. The first-order valence-electron chi connectivity index (χ1n) is 16.8. The van der Waals surface area contributed by atoms with E-state index in [0.29, 0.717) is 5.82 Å². The zero-order valence-corrected chi connectivity index (χ0v) is 27.8. The molecule has 0 radical (unpaired) electrons. The Morgan fingerprint density at radius 2 is 1.20 bits per heavy atom. The minimum absolute atomic E-state index is 0.587. The van der Waals surface area contributed by atoms with Crippen LogP contribution in [0.1, 0.15) is 33.4 Å². The van der Waals surface area contributed by atoms with Crippen molar-refractivity contribution in [3.63, 3.8) is 0 Å². The largest absolute Gasteiger partial charge is 0.264 e. The van der Waals surface area contributed by atoms with Gasteiger partial charge in [-0.3, -0.25) is 4.98 Å². The van der Waals surface area contributed by atoms with Crippen molar-refractivity contribution in [1.82, 2.24) is 15.0 Å². The Morgan fingerprint density at radius 1 is 0.480 bits per heavy atom. The molecule has 2 aliphatic rings. The maximum Gasteiger partial charge on any atom is 0.160 e. The van der Waals surface area contributed by atoms with Crippen molar-refractivity contribution < 1.29 is 0 Å². The fourth-order valence-corrected chi connectivity index (χ4v) is 9.14. The summed E-state index contributed by atoms with van der Waals surface area (Å²) in [4.78, 5) is 17.4. The standard InChI is InChI=1S/C46H29N3S/c1-2-13-33(14-3-1)41-28-42(35-15-10-26-47-29-35)49-45(48-41)34-23-22-32-21-20-31-12-5-7-17-37(31)46(40(32)27-34)38-18-8-9-19-43(38)50-44-36-16-6-4-11-30(36)24-25-39(44)46/h1-29H. The molecular formula is C46H29N3S. The van der Waals surface area contributed by atoms with Gasteiger partial charge in [0, 0.05) is 38.9 Å². The molecule has 6 aromatic carbocycles. The van der Waals surface area contributed by atoms with Crippen LogP contribution in [0.4, 0.5) is 0 Å². The third-order valence-corrected chi connectivity index (χ3v) is 11.3. The summed E-state index contributed by atoms with van der Waals surface area (Å²) in [5.74, 6) is 0.682. The van der Waals surface area contributed by atoms with Gasteiger partial charge in [-0.2, -0.15) is 0 Å². The highest BCUT2D eigenvalue weighted by Crippen LogP contribution is 2.59. The maximum atomic E-state index is 5.23. The Hall–Kier alpha value is -6.10. The molecule has 234 valence electrons. The van der Waals surface area contributed by atoms with Crippen molar-refractivity contribution in [2.45, 2.75) is 15.2 Å². The molecule has 0 saturated carbocycles. The smallest absolute Gasteiger partial charge is 0.160 e. The summed E-state index contributed by atoms with van der Waals surface area (Å²) >= 11 is 1.88.